The van der Waals surface area contributed by atoms with E-state index in [0.29, 0.717) is 24.5 Å². The van der Waals surface area contributed by atoms with Gasteiger partial charge in [-0.05, 0) is 24.1 Å². The number of rotatable bonds is 4. The Morgan fingerprint density at radius 1 is 1.37 bits per heavy atom. The highest BCUT2D eigenvalue weighted by Gasteiger charge is 2.24. The van der Waals surface area contributed by atoms with Gasteiger partial charge >= 0.3 is 0 Å². The predicted molar refractivity (Wildman–Crippen MR) is 74.1 cm³/mol. The number of methoxy groups -OCH3 is 2. The van der Waals surface area contributed by atoms with E-state index in [1.54, 1.807) is 14.2 Å². The van der Waals surface area contributed by atoms with Crippen molar-refractivity contribution in [3.8, 4) is 11.5 Å². The Morgan fingerprint density at radius 3 is 2.68 bits per heavy atom. The first-order chi connectivity index (χ1) is 9.13. The summed E-state index contributed by atoms with van der Waals surface area (Å²) in [5.74, 6) is 1.42. The standard InChI is InChI=1S/C14H18ClNO3/c1-18-12-4-3-10(7-13(12)19-2)8-14(17)16-6-5-11(15)9-16/h3-4,7,11H,5-6,8-9H2,1-2H3. The zero-order valence-corrected chi connectivity index (χ0v) is 11.9. The summed E-state index contributed by atoms with van der Waals surface area (Å²) in [6.07, 6.45) is 1.24. The van der Waals surface area contributed by atoms with Gasteiger partial charge in [0, 0.05) is 13.1 Å². The van der Waals surface area contributed by atoms with Crippen LogP contribution in [-0.2, 0) is 11.2 Å². The Bertz CT molecular complexity index is 464. The van der Waals surface area contributed by atoms with Crippen LogP contribution in [0.2, 0.25) is 0 Å². The maximum atomic E-state index is 12.1. The number of carbonyl (C=O) groups is 1. The van der Waals surface area contributed by atoms with Crippen molar-refractivity contribution in [2.45, 2.75) is 18.2 Å². The molecule has 0 bridgehead atoms. The molecular weight excluding hydrogens is 266 g/mol. The number of carbonyl (C=O) groups excluding carboxylic acids is 1. The monoisotopic (exact) mass is 283 g/mol. The lowest BCUT2D eigenvalue weighted by Gasteiger charge is -2.16. The molecule has 1 aliphatic heterocycles. The van der Waals surface area contributed by atoms with Gasteiger partial charge in [-0.2, -0.15) is 0 Å². The average Bonchev–Trinajstić information content (AvgIpc) is 2.85. The van der Waals surface area contributed by atoms with E-state index in [1.165, 1.54) is 0 Å². The van der Waals surface area contributed by atoms with Gasteiger partial charge in [-0.1, -0.05) is 6.07 Å². The summed E-state index contributed by atoms with van der Waals surface area (Å²) in [6, 6.07) is 5.54. The van der Waals surface area contributed by atoms with Crippen LogP contribution >= 0.6 is 11.6 Å². The predicted octanol–water partition coefficient (Wildman–Crippen LogP) is 2.09. The second-order valence-corrected chi connectivity index (χ2v) is 5.21. The normalized spacial score (nSPS) is 18.5. The van der Waals surface area contributed by atoms with E-state index in [0.717, 1.165) is 18.5 Å². The van der Waals surface area contributed by atoms with Gasteiger partial charge in [0.15, 0.2) is 11.5 Å². The molecule has 1 heterocycles. The number of nitrogens with zero attached hydrogens (tertiary/aromatic N) is 1. The Hall–Kier alpha value is -1.42. The lowest BCUT2D eigenvalue weighted by atomic mass is 10.1. The number of alkyl halides is 1. The zero-order valence-electron chi connectivity index (χ0n) is 11.2. The number of ether oxygens (including phenoxy) is 2. The second-order valence-electron chi connectivity index (χ2n) is 4.59. The molecule has 1 atom stereocenters. The average molecular weight is 284 g/mol. The van der Waals surface area contributed by atoms with E-state index in [1.807, 2.05) is 23.1 Å². The van der Waals surface area contributed by atoms with E-state index >= 15 is 0 Å². The van der Waals surface area contributed by atoms with Crippen LogP contribution in [0.25, 0.3) is 0 Å². The Labute approximate surface area is 118 Å². The first-order valence-electron chi connectivity index (χ1n) is 6.26. The molecule has 1 aliphatic rings. The van der Waals surface area contributed by atoms with E-state index in [2.05, 4.69) is 0 Å². The van der Waals surface area contributed by atoms with Crippen molar-refractivity contribution in [1.29, 1.82) is 0 Å². The molecule has 1 aromatic rings. The summed E-state index contributed by atoms with van der Waals surface area (Å²) < 4.78 is 10.4. The SMILES string of the molecule is COc1ccc(CC(=O)N2CCC(Cl)C2)cc1OC. The molecular formula is C14H18ClNO3. The van der Waals surface area contributed by atoms with Gasteiger partial charge in [0.1, 0.15) is 0 Å². The molecule has 5 heteroatoms. The van der Waals surface area contributed by atoms with E-state index < -0.39 is 0 Å². The van der Waals surface area contributed by atoms with Crippen LogP contribution in [0.15, 0.2) is 18.2 Å². The molecule has 19 heavy (non-hydrogen) atoms. The van der Waals surface area contributed by atoms with E-state index in [4.69, 9.17) is 21.1 Å². The zero-order chi connectivity index (χ0) is 13.8. The summed E-state index contributed by atoms with van der Waals surface area (Å²) in [4.78, 5) is 13.9. The van der Waals surface area contributed by atoms with Crippen LogP contribution in [-0.4, -0.2) is 43.5 Å². The van der Waals surface area contributed by atoms with Crippen LogP contribution < -0.4 is 9.47 Å². The molecule has 0 N–H and O–H groups in total. The lowest BCUT2D eigenvalue weighted by molar-refractivity contribution is -0.129. The molecule has 1 aromatic carbocycles. The number of halogens is 1. The molecule has 1 amide bonds. The van der Waals surface area contributed by atoms with Gasteiger partial charge in [0.2, 0.25) is 5.91 Å². The fraction of sp³-hybridized carbons (Fsp3) is 0.500. The van der Waals surface area contributed by atoms with Crippen LogP contribution in [0.4, 0.5) is 0 Å². The maximum Gasteiger partial charge on any atom is 0.227 e. The largest absolute Gasteiger partial charge is 0.493 e. The number of hydrogen-bond donors (Lipinski definition) is 0. The summed E-state index contributed by atoms with van der Waals surface area (Å²) in [5, 5.41) is 0.0920. The van der Waals surface area contributed by atoms with E-state index in [9.17, 15) is 4.79 Å². The van der Waals surface area contributed by atoms with Crippen LogP contribution in [0.1, 0.15) is 12.0 Å². The maximum absolute atomic E-state index is 12.1. The number of hydrogen-bond acceptors (Lipinski definition) is 3. The molecule has 2 rings (SSSR count). The van der Waals surface area contributed by atoms with Crippen molar-refractivity contribution >= 4 is 17.5 Å². The molecule has 0 aromatic heterocycles. The van der Waals surface area contributed by atoms with Gasteiger partial charge in [0.05, 0.1) is 26.0 Å². The second kappa shape index (κ2) is 6.15. The minimum absolute atomic E-state index is 0.0920. The fourth-order valence-electron chi connectivity index (χ4n) is 2.22. The lowest BCUT2D eigenvalue weighted by Crippen LogP contribution is -2.30. The van der Waals surface area contributed by atoms with Crippen LogP contribution in [0, 0.1) is 0 Å². The molecule has 0 spiro atoms. The van der Waals surface area contributed by atoms with Gasteiger partial charge < -0.3 is 14.4 Å². The molecule has 1 saturated heterocycles. The first-order valence-corrected chi connectivity index (χ1v) is 6.70. The third kappa shape index (κ3) is 3.32. The molecule has 104 valence electrons. The first kappa shape index (κ1) is 14.0. The third-order valence-corrected chi connectivity index (χ3v) is 3.64. The molecule has 0 aliphatic carbocycles. The Balaban J connectivity index is 2.04. The third-order valence-electron chi connectivity index (χ3n) is 3.29. The summed E-state index contributed by atoms with van der Waals surface area (Å²) in [5.41, 5.74) is 0.917. The van der Waals surface area contributed by atoms with Crippen LogP contribution in [0.3, 0.4) is 0 Å². The Morgan fingerprint density at radius 2 is 2.11 bits per heavy atom. The minimum Gasteiger partial charge on any atom is -0.493 e. The van der Waals surface area contributed by atoms with Gasteiger partial charge in [-0.15, -0.1) is 11.6 Å². The highest BCUT2D eigenvalue weighted by atomic mass is 35.5. The number of amides is 1. The Kier molecular flexibility index (Phi) is 4.53. The molecule has 0 radical (unpaired) electrons. The summed E-state index contributed by atoms with van der Waals surface area (Å²) >= 11 is 6.01. The quantitative estimate of drug-likeness (QED) is 0.794. The van der Waals surface area contributed by atoms with Crippen LogP contribution in [0.5, 0.6) is 11.5 Å². The fourth-order valence-corrected chi connectivity index (χ4v) is 2.49. The number of benzene rings is 1. The number of likely N-dealkylation sites (tertiary alicyclic amines) is 1. The van der Waals surface area contributed by atoms with E-state index in [-0.39, 0.29) is 11.3 Å². The molecule has 1 fully saturated rings. The van der Waals surface area contributed by atoms with Crippen molar-refractivity contribution in [3.05, 3.63) is 23.8 Å². The highest BCUT2D eigenvalue weighted by Crippen LogP contribution is 2.28. The van der Waals surface area contributed by atoms with Gasteiger partial charge in [-0.3, -0.25) is 4.79 Å². The van der Waals surface area contributed by atoms with Crippen molar-refractivity contribution in [3.63, 3.8) is 0 Å². The van der Waals surface area contributed by atoms with Gasteiger partial charge in [-0.25, -0.2) is 0 Å². The summed E-state index contributed by atoms with van der Waals surface area (Å²) in [7, 11) is 3.18. The highest BCUT2D eigenvalue weighted by molar-refractivity contribution is 6.21. The van der Waals surface area contributed by atoms with Crippen molar-refractivity contribution in [1.82, 2.24) is 4.90 Å². The van der Waals surface area contributed by atoms with Crippen molar-refractivity contribution in [2.24, 2.45) is 0 Å². The smallest absolute Gasteiger partial charge is 0.227 e. The van der Waals surface area contributed by atoms with Crippen molar-refractivity contribution in [2.75, 3.05) is 27.3 Å². The minimum atomic E-state index is 0.0920. The molecule has 1 unspecified atom stereocenters. The van der Waals surface area contributed by atoms with Gasteiger partial charge in [0.25, 0.3) is 0 Å². The van der Waals surface area contributed by atoms with Crippen molar-refractivity contribution < 1.29 is 14.3 Å². The summed E-state index contributed by atoms with van der Waals surface area (Å²) in [6.45, 7) is 1.40. The molecule has 4 nitrogen and oxygen atoms in total. The molecule has 0 saturated carbocycles. The topological polar surface area (TPSA) is 38.8 Å².